The lowest BCUT2D eigenvalue weighted by Crippen LogP contribution is -2.44. The molecule has 0 heterocycles. The number of hydrogen-bond acceptors (Lipinski definition) is 2. The van der Waals surface area contributed by atoms with Gasteiger partial charge in [0, 0.05) is 12.1 Å². The van der Waals surface area contributed by atoms with Crippen LogP contribution in [0.2, 0.25) is 0 Å². The minimum atomic E-state index is -0.969. The van der Waals surface area contributed by atoms with Gasteiger partial charge in [0.1, 0.15) is 5.82 Å². The van der Waals surface area contributed by atoms with Crippen LogP contribution in [0.4, 0.5) is 4.39 Å². The van der Waals surface area contributed by atoms with Crippen LogP contribution in [0, 0.1) is 11.7 Å². The quantitative estimate of drug-likeness (QED) is 0.844. The van der Waals surface area contributed by atoms with Crippen LogP contribution in [0.5, 0.6) is 0 Å². The highest BCUT2D eigenvalue weighted by atomic mass is 19.1. The molecular weight excluding hydrogens is 221 g/mol. The van der Waals surface area contributed by atoms with Crippen LogP contribution in [-0.2, 0) is 0 Å². The summed E-state index contributed by atoms with van der Waals surface area (Å²) in [5.74, 6) is -0.811. The molecule has 0 saturated carbocycles. The highest BCUT2D eigenvalue weighted by Crippen LogP contribution is 2.14. The van der Waals surface area contributed by atoms with E-state index in [2.05, 4.69) is 5.32 Å². The molecule has 4 heteroatoms. The zero-order valence-electron chi connectivity index (χ0n) is 10.3. The zero-order chi connectivity index (χ0) is 13.1. The average molecular weight is 239 g/mol. The van der Waals surface area contributed by atoms with Crippen molar-refractivity contribution in [2.24, 2.45) is 5.92 Å². The van der Waals surface area contributed by atoms with Crippen molar-refractivity contribution in [1.29, 1.82) is 0 Å². The molecule has 3 nitrogen and oxygen atoms in total. The normalized spacial score (nSPS) is 14.5. The highest BCUT2D eigenvalue weighted by Gasteiger charge is 2.25. The largest absolute Gasteiger partial charge is 0.388 e. The average Bonchev–Trinajstić information content (AvgIpc) is 2.25. The van der Waals surface area contributed by atoms with E-state index in [0.29, 0.717) is 0 Å². The Morgan fingerprint density at radius 3 is 2.71 bits per heavy atom. The van der Waals surface area contributed by atoms with E-state index in [1.807, 2.05) is 13.8 Å². The van der Waals surface area contributed by atoms with E-state index in [9.17, 15) is 14.3 Å². The molecule has 0 fully saturated rings. The fourth-order valence-electron chi connectivity index (χ4n) is 1.20. The number of aliphatic hydroxyl groups is 1. The molecule has 0 saturated heterocycles. The van der Waals surface area contributed by atoms with Crippen molar-refractivity contribution in [2.75, 3.05) is 6.54 Å². The summed E-state index contributed by atoms with van der Waals surface area (Å²) in [4.78, 5) is 11.7. The van der Waals surface area contributed by atoms with Gasteiger partial charge in [-0.05, 0) is 31.0 Å². The molecule has 1 amide bonds. The molecule has 0 aliphatic heterocycles. The minimum Gasteiger partial charge on any atom is -0.388 e. The standard InChI is InChI=1S/C13H18FNO2/c1-9(2)13(3,17)8-15-12(16)10-5-4-6-11(14)7-10/h4-7,9,17H,8H2,1-3H3,(H,15,16). The number of carbonyl (C=O) groups is 1. The Labute approximate surface area is 101 Å². The molecule has 1 rings (SSSR count). The number of carbonyl (C=O) groups excluding carboxylic acids is 1. The number of nitrogens with one attached hydrogen (secondary N) is 1. The van der Waals surface area contributed by atoms with Crippen molar-refractivity contribution < 1.29 is 14.3 Å². The van der Waals surface area contributed by atoms with Gasteiger partial charge in [-0.25, -0.2) is 4.39 Å². The van der Waals surface area contributed by atoms with E-state index in [1.165, 1.54) is 24.3 Å². The second-order valence-electron chi connectivity index (χ2n) is 4.70. The highest BCUT2D eigenvalue weighted by molar-refractivity contribution is 5.94. The second-order valence-corrected chi connectivity index (χ2v) is 4.70. The van der Waals surface area contributed by atoms with Gasteiger partial charge in [0.25, 0.3) is 5.91 Å². The number of amides is 1. The lowest BCUT2D eigenvalue weighted by Gasteiger charge is -2.27. The molecule has 0 aliphatic rings. The molecule has 1 atom stereocenters. The van der Waals surface area contributed by atoms with E-state index < -0.39 is 11.4 Å². The van der Waals surface area contributed by atoms with E-state index in [0.717, 1.165) is 0 Å². The summed E-state index contributed by atoms with van der Waals surface area (Å²) in [6.45, 7) is 5.53. The lowest BCUT2D eigenvalue weighted by atomic mass is 9.92. The molecule has 0 radical (unpaired) electrons. The monoisotopic (exact) mass is 239 g/mol. The molecule has 0 bridgehead atoms. The van der Waals surface area contributed by atoms with Crippen molar-refractivity contribution in [3.63, 3.8) is 0 Å². The van der Waals surface area contributed by atoms with Gasteiger partial charge in [0.15, 0.2) is 0 Å². The summed E-state index contributed by atoms with van der Waals surface area (Å²) in [6, 6.07) is 5.45. The molecule has 0 aliphatic carbocycles. The summed E-state index contributed by atoms with van der Waals surface area (Å²) in [6.07, 6.45) is 0. The molecule has 1 aromatic rings. The molecule has 0 aromatic heterocycles. The Hall–Kier alpha value is -1.42. The minimum absolute atomic E-state index is 0.0234. The van der Waals surface area contributed by atoms with Crippen molar-refractivity contribution in [1.82, 2.24) is 5.32 Å². The van der Waals surface area contributed by atoms with Crippen molar-refractivity contribution in [3.8, 4) is 0 Å². The maximum atomic E-state index is 12.9. The summed E-state index contributed by atoms with van der Waals surface area (Å²) < 4.78 is 12.9. The van der Waals surface area contributed by atoms with Crippen molar-refractivity contribution >= 4 is 5.91 Å². The van der Waals surface area contributed by atoms with Crippen LogP contribution < -0.4 is 5.32 Å². The first-order valence-corrected chi connectivity index (χ1v) is 5.59. The summed E-state index contributed by atoms with van der Waals surface area (Å²) in [7, 11) is 0. The SMILES string of the molecule is CC(C)C(C)(O)CNC(=O)c1cccc(F)c1. The lowest BCUT2D eigenvalue weighted by molar-refractivity contribution is 0.0142. The third-order valence-corrected chi connectivity index (χ3v) is 2.94. The third kappa shape index (κ3) is 3.82. The van der Waals surface area contributed by atoms with Gasteiger partial charge in [-0.3, -0.25) is 4.79 Å². The van der Waals surface area contributed by atoms with Gasteiger partial charge in [-0.2, -0.15) is 0 Å². The van der Waals surface area contributed by atoms with Crippen molar-refractivity contribution in [2.45, 2.75) is 26.4 Å². The molecule has 17 heavy (non-hydrogen) atoms. The van der Waals surface area contributed by atoms with E-state index >= 15 is 0 Å². The first-order valence-electron chi connectivity index (χ1n) is 5.59. The molecule has 2 N–H and O–H groups in total. The van der Waals surface area contributed by atoms with E-state index in [1.54, 1.807) is 6.92 Å². The Bertz CT molecular complexity index is 402. The van der Waals surface area contributed by atoms with Gasteiger partial charge in [-0.1, -0.05) is 19.9 Å². The molecule has 1 aromatic carbocycles. The second kappa shape index (κ2) is 5.27. The van der Waals surface area contributed by atoms with Crippen LogP contribution >= 0.6 is 0 Å². The summed E-state index contributed by atoms with van der Waals surface area (Å²) in [5, 5.41) is 12.5. The van der Waals surface area contributed by atoms with Crippen molar-refractivity contribution in [3.05, 3.63) is 35.6 Å². The third-order valence-electron chi connectivity index (χ3n) is 2.94. The Morgan fingerprint density at radius 2 is 2.18 bits per heavy atom. The number of halogens is 1. The van der Waals surface area contributed by atoms with Gasteiger partial charge >= 0.3 is 0 Å². The van der Waals surface area contributed by atoms with Crippen LogP contribution in [0.25, 0.3) is 0 Å². The number of rotatable bonds is 4. The molecular formula is C13H18FNO2. The smallest absolute Gasteiger partial charge is 0.251 e. The van der Waals surface area contributed by atoms with Gasteiger partial charge in [0.05, 0.1) is 5.60 Å². The van der Waals surface area contributed by atoms with Gasteiger partial charge in [0.2, 0.25) is 0 Å². The Kier molecular flexibility index (Phi) is 4.23. The number of hydrogen-bond donors (Lipinski definition) is 2. The van der Waals surface area contributed by atoms with Crippen LogP contribution in [0.15, 0.2) is 24.3 Å². The van der Waals surface area contributed by atoms with Gasteiger partial charge in [-0.15, -0.1) is 0 Å². The van der Waals surface area contributed by atoms with Crippen LogP contribution in [0.3, 0.4) is 0 Å². The molecule has 1 unspecified atom stereocenters. The first-order chi connectivity index (χ1) is 7.83. The zero-order valence-corrected chi connectivity index (χ0v) is 10.3. The first kappa shape index (κ1) is 13.6. The van der Waals surface area contributed by atoms with Crippen LogP contribution in [0.1, 0.15) is 31.1 Å². The maximum absolute atomic E-state index is 12.9. The molecule has 0 spiro atoms. The fraction of sp³-hybridized carbons (Fsp3) is 0.462. The van der Waals surface area contributed by atoms with E-state index in [-0.39, 0.29) is 23.9 Å². The maximum Gasteiger partial charge on any atom is 0.251 e. The Balaban J connectivity index is 2.62. The summed E-state index contributed by atoms with van der Waals surface area (Å²) >= 11 is 0. The molecule has 94 valence electrons. The Morgan fingerprint density at radius 1 is 1.53 bits per heavy atom. The summed E-state index contributed by atoms with van der Waals surface area (Å²) in [5.41, 5.74) is -0.715. The topological polar surface area (TPSA) is 49.3 Å². The predicted octanol–water partition coefficient (Wildman–Crippen LogP) is 1.96. The van der Waals surface area contributed by atoms with Gasteiger partial charge < -0.3 is 10.4 Å². The fourth-order valence-corrected chi connectivity index (χ4v) is 1.20. The predicted molar refractivity (Wildman–Crippen MR) is 64.2 cm³/mol. The van der Waals surface area contributed by atoms with E-state index in [4.69, 9.17) is 0 Å². The number of benzene rings is 1. The van der Waals surface area contributed by atoms with Crippen LogP contribution in [-0.4, -0.2) is 23.2 Å².